The van der Waals surface area contributed by atoms with Crippen LogP contribution in [0.1, 0.15) is 25.8 Å². The zero-order valence-electron chi connectivity index (χ0n) is 11.6. The summed E-state index contributed by atoms with van der Waals surface area (Å²) in [6.07, 6.45) is 0.199. The molecule has 1 unspecified atom stereocenters. The maximum absolute atomic E-state index is 12.4. The molecule has 1 aliphatic rings. The lowest BCUT2D eigenvalue weighted by Gasteiger charge is -2.42. The number of aryl methyl sites for hydroxylation is 1. The third-order valence-corrected chi connectivity index (χ3v) is 3.32. The van der Waals surface area contributed by atoms with Crippen molar-refractivity contribution < 1.29 is 4.79 Å². The van der Waals surface area contributed by atoms with Crippen LogP contribution in [-0.4, -0.2) is 24.0 Å². The lowest BCUT2D eigenvalue weighted by atomic mass is 9.96. The van der Waals surface area contributed by atoms with Gasteiger partial charge in [0.25, 0.3) is 0 Å². The van der Waals surface area contributed by atoms with Crippen molar-refractivity contribution in [2.75, 3.05) is 11.4 Å². The molecular formula is C15H19N3O. The minimum atomic E-state index is -0.421. The Hall–Kier alpha value is -1.86. The van der Waals surface area contributed by atoms with E-state index in [1.54, 1.807) is 4.90 Å². The summed E-state index contributed by atoms with van der Waals surface area (Å²) in [7, 11) is 0. The number of hydrogen-bond acceptors (Lipinski definition) is 3. The first-order chi connectivity index (χ1) is 8.93. The zero-order chi connectivity index (χ0) is 14.0. The summed E-state index contributed by atoms with van der Waals surface area (Å²) >= 11 is 0. The maximum atomic E-state index is 12.4. The summed E-state index contributed by atoms with van der Waals surface area (Å²) in [6.45, 7) is 6.72. The molecule has 1 fully saturated rings. The van der Waals surface area contributed by atoms with E-state index in [9.17, 15) is 4.79 Å². The summed E-state index contributed by atoms with van der Waals surface area (Å²) in [5.74, 6) is -0.0234. The molecule has 0 aromatic heterocycles. The van der Waals surface area contributed by atoms with Crippen molar-refractivity contribution in [3.63, 3.8) is 0 Å². The quantitative estimate of drug-likeness (QED) is 0.881. The first-order valence-electron chi connectivity index (χ1n) is 6.46. The minimum Gasteiger partial charge on any atom is -0.309 e. The van der Waals surface area contributed by atoms with E-state index in [-0.39, 0.29) is 17.9 Å². The number of carbonyl (C=O) groups excluding carboxylic acids is 1. The largest absolute Gasteiger partial charge is 0.309 e. The van der Waals surface area contributed by atoms with Gasteiger partial charge in [0.2, 0.25) is 5.91 Å². The van der Waals surface area contributed by atoms with Gasteiger partial charge in [0, 0.05) is 17.8 Å². The van der Waals surface area contributed by atoms with Crippen LogP contribution in [0.5, 0.6) is 0 Å². The zero-order valence-corrected chi connectivity index (χ0v) is 11.6. The molecule has 19 heavy (non-hydrogen) atoms. The molecule has 1 aromatic rings. The number of nitrogens with zero attached hydrogens (tertiary/aromatic N) is 2. The number of rotatable bonds is 2. The second-order valence-corrected chi connectivity index (χ2v) is 5.70. The molecule has 1 saturated heterocycles. The number of nitriles is 1. The molecule has 1 heterocycles. The van der Waals surface area contributed by atoms with E-state index in [2.05, 4.69) is 11.4 Å². The molecular weight excluding hydrogens is 238 g/mol. The van der Waals surface area contributed by atoms with Crippen molar-refractivity contribution in [2.24, 2.45) is 0 Å². The van der Waals surface area contributed by atoms with Crippen LogP contribution in [-0.2, 0) is 4.79 Å². The molecule has 0 spiro atoms. The van der Waals surface area contributed by atoms with Crippen molar-refractivity contribution in [3.05, 3.63) is 29.8 Å². The van der Waals surface area contributed by atoms with Crippen LogP contribution in [0.2, 0.25) is 0 Å². The van der Waals surface area contributed by atoms with Gasteiger partial charge in [-0.25, -0.2) is 0 Å². The van der Waals surface area contributed by atoms with E-state index in [1.165, 1.54) is 5.56 Å². The van der Waals surface area contributed by atoms with Gasteiger partial charge < -0.3 is 4.90 Å². The maximum Gasteiger partial charge on any atom is 0.245 e. The molecule has 2 rings (SSSR count). The van der Waals surface area contributed by atoms with Crippen molar-refractivity contribution in [3.8, 4) is 6.07 Å². The molecule has 1 amide bonds. The average Bonchev–Trinajstić information content (AvgIpc) is 2.34. The Bertz CT molecular complexity index is 513. The summed E-state index contributed by atoms with van der Waals surface area (Å²) in [4.78, 5) is 14.2. The number of anilines is 1. The van der Waals surface area contributed by atoms with Crippen molar-refractivity contribution >= 4 is 11.6 Å². The number of hydrogen-bond donors (Lipinski definition) is 1. The van der Waals surface area contributed by atoms with Crippen LogP contribution < -0.4 is 10.2 Å². The number of nitrogens with one attached hydrogen (secondary N) is 1. The lowest BCUT2D eigenvalue weighted by molar-refractivity contribution is -0.122. The van der Waals surface area contributed by atoms with Crippen molar-refractivity contribution in [2.45, 2.75) is 38.8 Å². The highest BCUT2D eigenvalue weighted by molar-refractivity contribution is 5.98. The Morgan fingerprint density at radius 1 is 1.42 bits per heavy atom. The van der Waals surface area contributed by atoms with E-state index in [0.717, 1.165) is 5.69 Å². The topological polar surface area (TPSA) is 56.1 Å². The molecule has 1 aliphatic heterocycles. The van der Waals surface area contributed by atoms with Crippen LogP contribution in [0.4, 0.5) is 5.69 Å². The second kappa shape index (κ2) is 5.02. The van der Waals surface area contributed by atoms with Crippen LogP contribution >= 0.6 is 0 Å². The molecule has 1 N–H and O–H groups in total. The van der Waals surface area contributed by atoms with Crippen LogP contribution in [0.25, 0.3) is 0 Å². The van der Waals surface area contributed by atoms with Crippen LogP contribution in [0.3, 0.4) is 0 Å². The summed E-state index contributed by atoms with van der Waals surface area (Å²) < 4.78 is 0. The van der Waals surface area contributed by atoms with Gasteiger partial charge in [-0.1, -0.05) is 17.7 Å². The van der Waals surface area contributed by atoms with E-state index < -0.39 is 6.04 Å². The lowest BCUT2D eigenvalue weighted by Crippen LogP contribution is -2.65. The van der Waals surface area contributed by atoms with E-state index in [1.807, 2.05) is 45.0 Å². The number of amides is 1. The molecule has 0 aliphatic carbocycles. The van der Waals surface area contributed by atoms with Gasteiger partial charge in [0.15, 0.2) is 0 Å². The Morgan fingerprint density at radius 3 is 2.63 bits per heavy atom. The van der Waals surface area contributed by atoms with Gasteiger partial charge in [-0.05, 0) is 32.9 Å². The van der Waals surface area contributed by atoms with Gasteiger partial charge in [0.1, 0.15) is 6.04 Å². The first-order valence-corrected chi connectivity index (χ1v) is 6.46. The standard InChI is InChI=1S/C15H19N3O/c1-11-4-6-12(7-5-11)18-10-15(2,3)17-13(8-9-16)14(18)19/h4-7,13,17H,8,10H2,1-3H3. The average molecular weight is 257 g/mol. The van der Waals surface area contributed by atoms with E-state index in [4.69, 9.17) is 5.26 Å². The number of piperazine rings is 1. The molecule has 0 saturated carbocycles. The Balaban J connectivity index is 2.30. The van der Waals surface area contributed by atoms with E-state index >= 15 is 0 Å². The molecule has 1 aromatic carbocycles. The highest BCUT2D eigenvalue weighted by Crippen LogP contribution is 2.24. The van der Waals surface area contributed by atoms with Gasteiger partial charge >= 0.3 is 0 Å². The Kier molecular flexibility index (Phi) is 3.59. The monoisotopic (exact) mass is 257 g/mol. The first kappa shape index (κ1) is 13.6. The Morgan fingerprint density at radius 2 is 2.05 bits per heavy atom. The summed E-state index contributed by atoms with van der Waals surface area (Å²) in [5.41, 5.74) is 1.87. The second-order valence-electron chi connectivity index (χ2n) is 5.70. The third-order valence-electron chi connectivity index (χ3n) is 3.32. The van der Waals surface area contributed by atoms with Crippen molar-refractivity contribution in [1.29, 1.82) is 5.26 Å². The summed E-state index contributed by atoms with van der Waals surface area (Å²) in [5, 5.41) is 12.1. The smallest absolute Gasteiger partial charge is 0.245 e. The van der Waals surface area contributed by atoms with Crippen LogP contribution in [0.15, 0.2) is 24.3 Å². The predicted molar refractivity (Wildman–Crippen MR) is 74.8 cm³/mol. The summed E-state index contributed by atoms with van der Waals surface area (Å²) in [6, 6.07) is 9.56. The SMILES string of the molecule is Cc1ccc(N2CC(C)(C)NC(CC#N)C2=O)cc1. The highest BCUT2D eigenvalue weighted by Gasteiger charge is 2.38. The van der Waals surface area contributed by atoms with E-state index in [0.29, 0.717) is 6.54 Å². The third kappa shape index (κ3) is 2.94. The molecule has 4 heteroatoms. The fraction of sp³-hybridized carbons (Fsp3) is 0.467. The molecule has 0 radical (unpaired) electrons. The molecule has 4 nitrogen and oxygen atoms in total. The molecule has 0 bridgehead atoms. The van der Waals surface area contributed by atoms with Gasteiger partial charge in [0.05, 0.1) is 12.5 Å². The molecule has 1 atom stereocenters. The van der Waals surface area contributed by atoms with Gasteiger partial charge in [-0.15, -0.1) is 0 Å². The number of benzene rings is 1. The normalized spacial score (nSPS) is 22.1. The molecule has 100 valence electrons. The fourth-order valence-electron chi connectivity index (χ4n) is 2.41. The fourth-order valence-corrected chi connectivity index (χ4v) is 2.41. The highest BCUT2D eigenvalue weighted by atomic mass is 16.2. The van der Waals surface area contributed by atoms with Crippen molar-refractivity contribution in [1.82, 2.24) is 5.32 Å². The van der Waals surface area contributed by atoms with Crippen LogP contribution in [0, 0.1) is 18.3 Å². The number of carbonyl (C=O) groups is 1. The Labute approximate surface area is 114 Å². The van der Waals surface area contributed by atoms with Gasteiger partial charge in [-0.2, -0.15) is 5.26 Å². The van der Waals surface area contributed by atoms with Gasteiger partial charge in [-0.3, -0.25) is 10.1 Å². The predicted octanol–water partition coefficient (Wildman–Crippen LogP) is 1.99. The minimum absolute atomic E-state index is 0.0234.